The predicted octanol–water partition coefficient (Wildman–Crippen LogP) is 3.05. The highest BCUT2D eigenvalue weighted by Crippen LogP contribution is 2.14. The second kappa shape index (κ2) is 7.49. The molecule has 0 unspecified atom stereocenters. The van der Waals surface area contributed by atoms with E-state index < -0.39 is 0 Å². The number of carbonyl (C=O) groups excluding carboxylic acids is 1. The standard InChI is InChI=1S/C14H18O3/c1-3-4-10-17-13-7-5-6-12(11-13)8-9-14(15)16-2/h5-9,11H,3-4,10H2,1-2H3/b9-8+. The number of carbonyl (C=O) groups is 1. The maximum absolute atomic E-state index is 10.9. The van der Waals surface area contributed by atoms with E-state index in [4.69, 9.17) is 4.74 Å². The molecule has 17 heavy (non-hydrogen) atoms. The number of methoxy groups -OCH3 is 1. The molecule has 3 nitrogen and oxygen atoms in total. The van der Waals surface area contributed by atoms with Gasteiger partial charge in [-0.25, -0.2) is 4.79 Å². The Morgan fingerprint density at radius 2 is 2.24 bits per heavy atom. The van der Waals surface area contributed by atoms with Gasteiger partial charge in [-0.05, 0) is 30.2 Å². The van der Waals surface area contributed by atoms with Crippen molar-refractivity contribution in [1.29, 1.82) is 0 Å². The Morgan fingerprint density at radius 1 is 1.41 bits per heavy atom. The summed E-state index contributed by atoms with van der Waals surface area (Å²) in [7, 11) is 1.36. The van der Waals surface area contributed by atoms with Crippen LogP contribution in [0.3, 0.4) is 0 Å². The molecule has 92 valence electrons. The third-order valence-corrected chi connectivity index (χ3v) is 2.24. The predicted molar refractivity (Wildman–Crippen MR) is 67.9 cm³/mol. The lowest BCUT2D eigenvalue weighted by molar-refractivity contribution is -0.134. The number of ether oxygens (including phenoxy) is 2. The summed E-state index contributed by atoms with van der Waals surface area (Å²) in [6.45, 7) is 2.85. The van der Waals surface area contributed by atoms with Crippen LogP contribution < -0.4 is 4.74 Å². The van der Waals surface area contributed by atoms with Crippen molar-refractivity contribution in [2.75, 3.05) is 13.7 Å². The molecule has 0 radical (unpaired) electrons. The lowest BCUT2D eigenvalue weighted by Crippen LogP contribution is -1.96. The zero-order chi connectivity index (χ0) is 12.5. The Kier molecular flexibility index (Phi) is 5.86. The molecule has 0 atom stereocenters. The summed E-state index contributed by atoms with van der Waals surface area (Å²) in [6.07, 6.45) is 5.26. The van der Waals surface area contributed by atoms with Crippen LogP contribution in [0.15, 0.2) is 30.3 Å². The van der Waals surface area contributed by atoms with Crippen LogP contribution in [0.25, 0.3) is 6.08 Å². The fraction of sp³-hybridized carbons (Fsp3) is 0.357. The smallest absolute Gasteiger partial charge is 0.330 e. The van der Waals surface area contributed by atoms with Crippen LogP contribution in [0.2, 0.25) is 0 Å². The summed E-state index contributed by atoms with van der Waals surface area (Å²) in [5.41, 5.74) is 0.921. The molecule has 0 heterocycles. The zero-order valence-corrected chi connectivity index (χ0v) is 10.3. The van der Waals surface area contributed by atoms with Gasteiger partial charge in [-0.3, -0.25) is 0 Å². The topological polar surface area (TPSA) is 35.5 Å². The van der Waals surface area contributed by atoms with Crippen LogP contribution in [-0.4, -0.2) is 19.7 Å². The summed E-state index contributed by atoms with van der Waals surface area (Å²) in [6, 6.07) is 7.62. The number of hydrogen-bond acceptors (Lipinski definition) is 3. The molecular weight excluding hydrogens is 216 g/mol. The molecule has 0 spiro atoms. The van der Waals surface area contributed by atoms with Crippen molar-refractivity contribution in [1.82, 2.24) is 0 Å². The van der Waals surface area contributed by atoms with Crippen LogP contribution in [0.4, 0.5) is 0 Å². The van der Waals surface area contributed by atoms with Crippen LogP contribution in [0, 0.1) is 0 Å². The number of esters is 1. The summed E-state index contributed by atoms with van der Waals surface area (Å²) in [5.74, 6) is 0.466. The molecule has 0 N–H and O–H groups in total. The van der Waals surface area contributed by atoms with Gasteiger partial charge in [-0.15, -0.1) is 0 Å². The molecule has 0 bridgehead atoms. The van der Waals surface area contributed by atoms with Crippen molar-refractivity contribution >= 4 is 12.0 Å². The summed E-state index contributed by atoms with van der Waals surface area (Å²) < 4.78 is 10.1. The first-order chi connectivity index (χ1) is 8.26. The highest BCUT2D eigenvalue weighted by Gasteiger charge is 1.96. The lowest BCUT2D eigenvalue weighted by Gasteiger charge is -2.05. The van der Waals surface area contributed by atoms with Gasteiger partial charge in [0.05, 0.1) is 13.7 Å². The van der Waals surface area contributed by atoms with Gasteiger partial charge in [0.15, 0.2) is 0 Å². The normalized spacial score (nSPS) is 10.5. The third kappa shape index (κ3) is 5.20. The molecule has 0 aliphatic heterocycles. The van der Waals surface area contributed by atoms with Gasteiger partial charge >= 0.3 is 5.97 Å². The maximum atomic E-state index is 10.9. The second-order valence-electron chi connectivity index (χ2n) is 3.63. The lowest BCUT2D eigenvalue weighted by atomic mass is 10.2. The molecule has 1 aromatic carbocycles. The molecule has 0 aliphatic rings. The van der Waals surface area contributed by atoms with Gasteiger partial charge in [0.2, 0.25) is 0 Å². The quantitative estimate of drug-likeness (QED) is 0.431. The van der Waals surface area contributed by atoms with Gasteiger partial charge < -0.3 is 9.47 Å². The summed E-state index contributed by atoms with van der Waals surface area (Å²) >= 11 is 0. The fourth-order valence-electron chi connectivity index (χ4n) is 1.27. The first kappa shape index (κ1) is 13.3. The van der Waals surface area contributed by atoms with Crippen molar-refractivity contribution in [3.63, 3.8) is 0 Å². The monoisotopic (exact) mass is 234 g/mol. The molecule has 0 amide bonds. The van der Waals surface area contributed by atoms with E-state index in [1.54, 1.807) is 6.08 Å². The van der Waals surface area contributed by atoms with Crippen molar-refractivity contribution in [3.05, 3.63) is 35.9 Å². The van der Waals surface area contributed by atoms with Gasteiger partial charge in [0, 0.05) is 6.08 Å². The van der Waals surface area contributed by atoms with Gasteiger partial charge in [0.25, 0.3) is 0 Å². The van der Waals surface area contributed by atoms with Crippen molar-refractivity contribution in [2.45, 2.75) is 19.8 Å². The molecule has 0 saturated heterocycles. The van der Waals surface area contributed by atoms with E-state index in [2.05, 4.69) is 11.7 Å². The van der Waals surface area contributed by atoms with E-state index in [1.807, 2.05) is 24.3 Å². The Balaban J connectivity index is 2.59. The Hall–Kier alpha value is -1.77. The molecule has 1 aromatic rings. The number of unbranched alkanes of at least 4 members (excludes halogenated alkanes) is 1. The van der Waals surface area contributed by atoms with E-state index in [0.717, 1.165) is 30.8 Å². The Morgan fingerprint density at radius 3 is 2.94 bits per heavy atom. The SMILES string of the molecule is CCCCOc1cccc(/C=C/C(=O)OC)c1. The number of rotatable bonds is 6. The second-order valence-corrected chi connectivity index (χ2v) is 3.63. The molecule has 0 saturated carbocycles. The highest BCUT2D eigenvalue weighted by molar-refractivity contribution is 5.86. The average Bonchev–Trinajstić information content (AvgIpc) is 2.37. The number of hydrogen-bond donors (Lipinski definition) is 0. The van der Waals surface area contributed by atoms with E-state index in [9.17, 15) is 4.79 Å². The van der Waals surface area contributed by atoms with Gasteiger partial charge in [0.1, 0.15) is 5.75 Å². The minimum Gasteiger partial charge on any atom is -0.494 e. The van der Waals surface area contributed by atoms with Crippen LogP contribution >= 0.6 is 0 Å². The van der Waals surface area contributed by atoms with Crippen LogP contribution in [0.1, 0.15) is 25.3 Å². The summed E-state index contributed by atoms with van der Waals surface area (Å²) in [5, 5.41) is 0. The third-order valence-electron chi connectivity index (χ3n) is 2.24. The highest BCUT2D eigenvalue weighted by atomic mass is 16.5. The van der Waals surface area contributed by atoms with Crippen LogP contribution in [0.5, 0.6) is 5.75 Å². The molecule has 1 rings (SSSR count). The van der Waals surface area contributed by atoms with Crippen molar-refractivity contribution in [2.24, 2.45) is 0 Å². The maximum Gasteiger partial charge on any atom is 0.330 e. The van der Waals surface area contributed by atoms with Crippen LogP contribution in [-0.2, 0) is 9.53 Å². The Labute approximate surface area is 102 Å². The fourth-order valence-corrected chi connectivity index (χ4v) is 1.27. The molecule has 0 fully saturated rings. The minimum atomic E-state index is -0.359. The molecule has 0 aliphatic carbocycles. The van der Waals surface area contributed by atoms with Crippen molar-refractivity contribution < 1.29 is 14.3 Å². The average molecular weight is 234 g/mol. The van der Waals surface area contributed by atoms with E-state index in [1.165, 1.54) is 13.2 Å². The largest absolute Gasteiger partial charge is 0.494 e. The first-order valence-corrected chi connectivity index (χ1v) is 5.75. The molecule has 3 heteroatoms. The summed E-state index contributed by atoms with van der Waals surface area (Å²) in [4.78, 5) is 10.9. The Bertz CT molecular complexity index is 383. The van der Waals surface area contributed by atoms with Gasteiger partial charge in [-0.2, -0.15) is 0 Å². The van der Waals surface area contributed by atoms with Crippen molar-refractivity contribution in [3.8, 4) is 5.75 Å². The van der Waals surface area contributed by atoms with Gasteiger partial charge in [-0.1, -0.05) is 25.5 Å². The van der Waals surface area contributed by atoms with E-state index >= 15 is 0 Å². The zero-order valence-electron chi connectivity index (χ0n) is 10.3. The molecule has 0 aromatic heterocycles. The molecular formula is C14H18O3. The number of benzene rings is 1. The first-order valence-electron chi connectivity index (χ1n) is 5.75. The van der Waals surface area contributed by atoms with E-state index in [-0.39, 0.29) is 5.97 Å². The minimum absolute atomic E-state index is 0.359. The van der Waals surface area contributed by atoms with E-state index in [0.29, 0.717) is 0 Å².